The molecule has 5 rings (SSSR count). The largest absolute Gasteiger partial charge is 0.464 e. The first kappa shape index (κ1) is 19.2. The number of hydrogen-bond donors (Lipinski definition) is 2. The van der Waals surface area contributed by atoms with Crippen LogP contribution in [0.1, 0.15) is 27.3 Å². The van der Waals surface area contributed by atoms with Crippen molar-refractivity contribution < 1.29 is 9.53 Å². The smallest absolute Gasteiger partial charge is 0.354 e. The van der Waals surface area contributed by atoms with Crippen LogP contribution in [0.5, 0.6) is 0 Å². The summed E-state index contributed by atoms with van der Waals surface area (Å²) >= 11 is 0. The molecule has 1 aliphatic heterocycles. The summed E-state index contributed by atoms with van der Waals surface area (Å²) in [5, 5.41) is 0.980. The molecule has 8 heteroatoms. The molecule has 156 valence electrons. The molecule has 0 atom stereocenters. The summed E-state index contributed by atoms with van der Waals surface area (Å²) in [6.07, 6.45) is 4.01. The van der Waals surface area contributed by atoms with Gasteiger partial charge < -0.3 is 14.7 Å². The molecule has 0 aliphatic carbocycles. The van der Waals surface area contributed by atoms with Gasteiger partial charge in [0.05, 0.1) is 18.4 Å². The van der Waals surface area contributed by atoms with Gasteiger partial charge in [0.1, 0.15) is 11.5 Å². The number of ether oxygens (including phenoxy) is 1. The average molecular weight is 415 g/mol. The van der Waals surface area contributed by atoms with Gasteiger partial charge in [-0.3, -0.25) is 14.7 Å². The van der Waals surface area contributed by atoms with Gasteiger partial charge in [-0.25, -0.2) is 9.78 Å². The zero-order chi connectivity index (χ0) is 21.4. The van der Waals surface area contributed by atoms with Crippen LogP contribution in [-0.4, -0.2) is 44.5 Å². The number of nitrogens with one attached hydrogen (secondary N) is 2. The number of fused-ring (bicyclic) bond motifs is 2. The highest BCUT2D eigenvalue weighted by molar-refractivity contribution is 5.98. The summed E-state index contributed by atoms with van der Waals surface area (Å²) < 4.78 is 4.97. The number of rotatable bonds is 4. The molecule has 0 bridgehead atoms. The van der Waals surface area contributed by atoms with E-state index in [4.69, 9.17) is 9.72 Å². The molecular weight excluding hydrogens is 394 g/mol. The van der Waals surface area contributed by atoms with E-state index in [0.29, 0.717) is 36.6 Å². The predicted molar refractivity (Wildman–Crippen MR) is 116 cm³/mol. The molecule has 0 saturated carbocycles. The molecule has 1 aliphatic rings. The molecular formula is C23H21N5O3. The summed E-state index contributed by atoms with van der Waals surface area (Å²) in [7, 11) is 1.38. The van der Waals surface area contributed by atoms with Crippen molar-refractivity contribution in [1.29, 1.82) is 0 Å². The van der Waals surface area contributed by atoms with Crippen LogP contribution in [-0.2, 0) is 24.2 Å². The number of H-pyrrole nitrogens is 2. The Hall–Kier alpha value is -3.78. The number of methoxy groups -OCH3 is 1. The van der Waals surface area contributed by atoms with Crippen LogP contribution in [0.25, 0.3) is 22.3 Å². The van der Waals surface area contributed by atoms with Gasteiger partial charge in [-0.1, -0.05) is 18.2 Å². The van der Waals surface area contributed by atoms with Crippen molar-refractivity contribution in [3.63, 3.8) is 0 Å². The van der Waals surface area contributed by atoms with Crippen molar-refractivity contribution in [3.8, 4) is 11.4 Å². The fourth-order valence-corrected chi connectivity index (χ4v) is 4.13. The number of carbonyl (C=O) groups is 1. The maximum Gasteiger partial charge on any atom is 0.354 e. The van der Waals surface area contributed by atoms with Crippen LogP contribution >= 0.6 is 0 Å². The van der Waals surface area contributed by atoms with Crippen LogP contribution in [0.4, 0.5) is 0 Å². The Kier molecular flexibility index (Phi) is 4.83. The first-order chi connectivity index (χ1) is 15.1. The van der Waals surface area contributed by atoms with E-state index in [1.165, 1.54) is 7.11 Å². The second-order valence-corrected chi connectivity index (χ2v) is 7.55. The van der Waals surface area contributed by atoms with Crippen molar-refractivity contribution in [3.05, 3.63) is 81.7 Å². The second kappa shape index (κ2) is 7.81. The van der Waals surface area contributed by atoms with E-state index in [2.05, 4.69) is 19.9 Å². The Labute approximate surface area is 177 Å². The standard InChI is InChI=1S/C23H21N5O3/c1-31-23(30)20-16(15-4-2-3-5-18(15)25-20)12-28-11-8-19-17(13-28)22(29)27-21(26-19)14-6-9-24-10-7-14/h2-7,9-10,25H,8,11-13H2,1H3,(H,26,27,29). The van der Waals surface area contributed by atoms with Crippen molar-refractivity contribution in [2.24, 2.45) is 0 Å². The second-order valence-electron chi connectivity index (χ2n) is 7.55. The molecule has 8 nitrogen and oxygen atoms in total. The van der Waals surface area contributed by atoms with E-state index in [1.54, 1.807) is 12.4 Å². The van der Waals surface area contributed by atoms with Crippen LogP contribution in [0.3, 0.4) is 0 Å². The van der Waals surface area contributed by atoms with Crippen LogP contribution in [0.15, 0.2) is 53.6 Å². The highest BCUT2D eigenvalue weighted by Crippen LogP contribution is 2.27. The van der Waals surface area contributed by atoms with E-state index in [-0.39, 0.29) is 5.56 Å². The molecule has 0 amide bonds. The molecule has 1 aromatic carbocycles. The molecule has 31 heavy (non-hydrogen) atoms. The molecule has 2 N–H and O–H groups in total. The number of hydrogen-bond acceptors (Lipinski definition) is 6. The highest BCUT2D eigenvalue weighted by atomic mass is 16.5. The number of aromatic amines is 2. The number of benzene rings is 1. The SMILES string of the molecule is COC(=O)c1[nH]c2ccccc2c1CN1CCc2nc(-c3ccncc3)[nH]c(=O)c2C1. The topological polar surface area (TPSA) is 104 Å². The number of para-hydroxylation sites is 1. The minimum absolute atomic E-state index is 0.131. The Balaban J connectivity index is 1.46. The van der Waals surface area contributed by atoms with Crippen molar-refractivity contribution in [1.82, 2.24) is 24.8 Å². The Morgan fingerprint density at radius 3 is 2.77 bits per heavy atom. The monoisotopic (exact) mass is 415 g/mol. The summed E-state index contributed by atoms with van der Waals surface area (Å²) in [4.78, 5) is 42.1. The summed E-state index contributed by atoms with van der Waals surface area (Å²) in [6, 6.07) is 11.4. The molecule has 0 saturated heterocycles. The van der Waals surface area contributed by atoms with Crippen molar-refractivity contribution in [2.45, 2.75) is 19.5 Å². The van der Waals surface area contributed by atoms with Gasteiger partial charge in [-0.05, 0) is 18.2 Å². The summed E-state index contributed by atoms with van der Waals surface area (Å²) in [6.45, 7) is 1.73. The lowest BCUT2D eigenvalue weighted by molar-refractivity contribution is 0.0592. The summed E-state index contributed by atoms with van der Waals surface area (Å²) in [5.41, 5.74) is 4.41. The lowest BCUT2D eigenvalue weighted by Crippen LogP contribution is -2.35. The molecule has 0 spiro atoms. The maximum absolute atomic E-state index is 12.8. The van der Waals surface area contributed by atoms with Gasteiger partial charge in [0.15, 0.2) is 0 Å². The third-order valence-electron chi connectivity index (χ3n) is 5.69. The Morgan fingerprint density at radius 2 is 1.97 bits per heavy atom. The minimum Gasteiger partial charge on any atom is -0.464 e. The first-order valence-corrected chi connectivity index (χ1v) is 10.1. The molecule has 0 fully saturated rings. The van der Waals surface area contributed by atoms with Gasteiger partial charge in [-0.15, -0.1) is 0 Å². The van der Waals surface area contributed by atoms with Crippen LogP contribution < -0.4 is 5.56 Å². The summed E-state index contributed by atoms with van der Waals surface area (Å²) in [5.74, 6) is 0.161. The first-order valence-electron chi connectivity index (χ1n) is 10.1. The van der Waals surface area contributed by atoms with Crippen LogP contribution in [0, 0.1) is 0 Å². The zero-order valence-electron chi connectivity index (χ0n) is 17.0. The molecule has 4 heterocycles. The fourth-order valence-electron chi connectivity index (χ4n) is 4.13. The van der Waals surface area contributed by atoms with Gasteiger partial charge in [0.2, 0.25) is 0 Å². The molecule has 0 unspecified atom stereocenters. The number of aromatic nitrogens is 4. The Morgan fingerprint density at radius 1 is 1.16 bits per heavy atom. The molecule has 0 radical (unpaired) electrons. The van der Waals surface area contributed by atoms with E-state index in [0.717, 1.165) is 34.3 Å². The third-order valence-corrected chi connectivity index (χ3v) is 5.69. The number of carbonyl (C=O) groups excluding carboxylic acids is 1. The number of pyridine rings is 1. The average Bonchev–Trinajstić information content (AvgIpc) is 3.18. The van der Waals surface area contributed by atoms with Gasteiger partial charge in [0.25, 0.3) is 5.56 Å². The highest BCUT2D eigenvalue weighted by Gasteiger charge is 2.25. The van der Waals surface area contributed by atoms with E-state index >= 15 is 0 Å². The van der Waals surface area contributed by atoms with Crippen molar-refractivity contribution in [2.75, 3.05) is 13.7 Å². The maximum atomic E-state index is 12.8. The molecule has 4 aromatic rings. The lowest BCUT2D eigenvalue weighted by Gasteiger charge is -2.27. The quantitative estimate of drug-likeness (QED) is 0.497. The van der Waals surface area contributed by atoms with Gasteiger partial charge >= 0.3 is 5.97 Å². The fraction of sp³-hybridized carbons (Fsp3) is 0.217. The normalized spacial score (nSPS) is 13.8. The van der Waals surface area contributed by atoms with E-state index in [9.17, 15) is 9.59 Å². The van der Waals surface area contributed by atoms with Gasteiger partial charge in [-0.2, -0.15) is 0 Å². The minimum atomic E-state index is -0.398. The third kappa shape index (κ3) is 3.51. The van der Waals surface area contributed by atoms with Crippen molar-refractivity contribution >= 4 is 16.9 Å². The lowest BCUT2D eigenvalue weighted by atomic mass is 10.0. The van der Waals surface area contributed by atoms with Gasteiger partial charge in [0, 0.05) is 60.5 Å². The van der Waals surface area contributed by atoms with E-state index in [1.807, 2.05) is 36.4 Å². The Bertz CT molecular complexity index is 1330. The number of esters is 1. The van der Waals surface area contributed by atoms with E-state index < -0.39 is 5.97 Å². The van der Waals surface area contributed by atoms with Crippen LogP contribution in [0.2, 0.25) is 0 Å². The zero-order valence-corrected chi connectivity index (χ0v) is 17.0. The number of nitrogens with zero attached hydrogens (tertiary/aromatic N) is 3. The predicted octanol–water partition coefficient (Wildman–Crippen LogP) is 2.66. The molecule has 3 aromatic heterocycles.